The Bertz CT molecular complexity index is 1110. The van der Waals surface area contributed by atoms with Gasteiger partial charge in [0.15, 0.2) is 11.6 Å². The average Bonchev–Trinajstić information content (AvgIpc) is 3.19. The molecule has 4 atom stereocenters. The van der Waals surface area contributed by atoms with Crippen LogP contribution >= 0.6 is 0 Å². The zero-order chi connectivity index (χ0) is 29.0. The van der Waals surface area contributed by atoms with E-state index in [0.29, 0.717) is 5.92 Å². The van der Waals surface area contributed by atoms with E-state index in [1.54, 1.807) is 6.08 Å². The van der Waals surface area contributed by atoms with Gasteiger partial charge in [0.2, 0.25) is 11.8 Å². The van der Waals surface area contributed by atoms with Gasteiger partial charge in [0, 0.05) is 25.3 Å². The molecule has 0 fully saturated rings. The minimum atomic E-state index is -1.89. The molecule has 0 spiro atoms. The van der Waals surface area contributed by atoms with Crippen molar-refractivity contribution in [3.05, 3.63) is 71.8 Å². The minimum Gasteiger partial charge on any atom is -0.510 e. The molecule has 9 heteroatoms. The first-order chi connectivity index (χ1) is 18.4. The predicted molar refractivity (Wildman–Crippen MR) is 148 cm³/mol. The predicted octanol–water partition coefficient (Wildman–Crippen LogP) is 3.38. The Balaban J connectivity index is 1.94. The summed E-state index contributed by atoms with van der Waals surface area (Å²) in [6, 6.07) is 0. The van der Waals surface area contributed by atoms with Crippen molar-refractivity contribution in [2.75, 3.05) is 0 Å². The first-order valence-electron chi connectivity index (χ1n) is 13.4. The largest absolute Gasteiger partial charge is 0.510 e. The summed E-state index contributed by atoms with van der Waals surface area (Å²) in [7, 11) is 0. The summed E-state index contributed by atoms with van der Waals surface area (Å²) in [5.74, 6) is -1.28. The summed E-state index contributed by atoms with van der Waals surface area (Å²) in [5.41, 5.74) is -2.07. The molecule has 2 rings (SSSR count). The van der Waals surface area contributed by atoms with Crippen LogP contribution in [-0.4, -0.2) is 50.4 Å². The van der Waals surface area contributed by atoms with Crippen molar-refractivity contribution in [2.24, 2.45) is 11.8 Å². The van der Waals surface area contributed by atoms with E-state index in [2.05, 4.69) is 24.5 Å². The van der Waals surface area contributed by atoms with Crippen molar-refractivity contribution >= 4 is 23.4 Å². The summed E-state index contributed by atoms with van der Waals surface area (Å²) >= 11 is 0. The van der Waals surface area contributed by atoms with Crippen molar-refractivity contribution in [3.63, 3.8) is 0 Å². The normalized spacial score (nSPS) is 23.8. The summed E-state index contributed by atoms with van der Waals surface area (Å²) < 4.78 is 0. The van der Waals surface area contributed by atoms with E-state index in [0.717, 1.165) is 31.4 Å². The van der Waals surface area contributed by atoms with Crippen LogP contribution in [0.1, 0.15) is 65.7 Å². The van der Waals surface area contributed by atoms with Crippen LogP contribution in [0, 0.1) is 11.8 Å². The first kappa shape index (κ1) is 31.7. The number of hydrogen-bond donors (Lipinski definition) is 5. The highest BCUT2D eigenvalue weighted by atomic mass is 16.3. The zero-order valence-electron chi connectivity index (χ0n) is 22.9. The van der Waals surface area contributed by atoms with Crippen molar-refractivity contribution in [1.29, 1.82) is 0 Å². The molecular formula is C30H40N2O7. The Labute approximate surface area is 229 Å². The summed E-state index contributed by atoms with van der Waals surface area (Å²) in [4.78, 5) is 48.2. The average molecular weight is 541 g/mol. The molecule has 0 aromatic heterocycles. The lowest BCUT2D eigenvalue weighted by Gasteiger charge is -2.31. The summed E-state index contributed by atoms with van der Waals surface area (Å²) in [6.45, 7) is 6.38. The number of aliphatic hydroxyl groups is 3. The topological polar surface area (TPSA) is 153 Å². The molecule has 0 aromatic rings. The molecule has 0 saturated heterocycles. The van der Waals surface area contributed by atoms with Gasteiger partial charge >= 0.3 is 0 Å². The number of carbonyl (C=O) groups excluding carboxylic acids is 4. The van der Waals surface area contributed by atoms with Crippen LogP contribution in [0.4, 0.5) is 0 Å². The number of nitrogens with one attached hydrogen (secondary N) is 2. The van der Waals surface area contributed by atoms with Crippen molar-refractivity contribution in [2.45, 2.75) is 77.4 Å². The maximum absolute atomic E-state index is 12.4. The van der Waals surface area contributed by atoms with E-state index < -0.39 is 29.3 Å². The number of Topliss-reactive ketones (excluding diaryl/α,β-unsaturated/α-hetero) is 2. The highest BCUT2D eigenvalue weighted by Gasteiger charge is 2.38. The lowest BCUT2D eigenvalue weighted by Crippen LogP contribution is -2.46. The molecule has 39 heavy (non-hydrogen) atoms. The number of rotatable bonds is 13. The van der Waals surface area contributed by atoms with E-state index in [4.69, 9.17) is 0 Å². The molecule has 0 saturated carbocycles. The van der Waals surface area contributed by atoms with E-state index >= 15 is 0 Å². The molecule has 0 bridgehead atoms. The van der Waals surface area contributed by atoms with Gasteiger partial charge in [0.1, 0.15) is 17.1 Å². The molecule has 2 amide bonds. The second kappa shape index (κ2) is 15.1. The van der Waals surface area contributed by atoms with E-state index in [-0.39, 0.29) is 48.1 Å². The van der Waals surface area contributed by atoms with Crippen LogP contribution < -0.4 is 10.6 Å². The fraction of sp³-hybridized carbons (Fsp3) is 0.467. The van der Waals surface area contributed by atoms with Crippen molar-refractivity contribution < 1.29 is 34.5 Å². The Morgan fingerprint density at radius 1 is 1.05 bits per heavy atom. The summed E-state index contributed by atoms with van der Waals surface area (Å²) in [6.07, 6.45) is 15.5. The SMILES string of the molecule is CCCC[C@H](C)C[C@H](C)/C=C/C(=O)NC1=C[C@@](O)(C=C/C=C/C=C/C(=O)NC2=C(O)CCC2=O)[C@H](O)CC1=O. The molecule has 212 valence electrons. The fourth-order valence-corrected chi connectivity index (χ4v) is 4.36. The maximum Gasteiger partial charge on any atom is 0.248 e. The number of hydrogen-bond acceptors (Lipinski definition) is 7. The third-order valence-corrected chi connectivity index (χ3v) is 6.60. The number of unbranched alkanes of at least 4 members (excludes halogenated alkanes) is 1. The second-order valence-corrected chi connectivity index (χ2v) is 10.2. The minimum absolute atomic E-state index is 0.0896. The van der Waals surface area contributed by atoms with Gasteiger partial charge in [0.05, 0.1) is 11.8 Å². The zero-order valence-corrected chi connectivity index (χ0v) is 22.9. The second-order valence-electron chi connectivity index (χ2n) is 10.2. The third kappa shape index (κ3) is 10.3. The smallest absolute Gasteiger partial charge is 0.248 e. The molecule has 2 aliphatic carbocycles. The number of allylic oxidation sites excluding steroid dienone is 8. The standard InChI is InChI=1S/C30H40N2O7/c1-4-5-10-20(2)17-21(3)12-15-28(38)31-22-19-30(39,26(36)18-25(22)35)16-9-7-6-8-11-27(37)32-29-23(33)13-14-24(29)34/h6-9,11-12,15-16,19-21,26,33,36,39H,4-5,10,13-14,17-18H2,1-3H3,(H,31,38)(H,32,37)/b7-6+,11-8+,15-12+,16-9?/t20-,21+,26+,30-/m0/s1. The van der Waals surface area contributed by atoms with E-state index in [9.17, 15) is 34.5 Å². The van der Waals surface area contributed by atoms with Gasteiger partial charge in [-0.3, -0.25) is 19.2 Å². The van der Waals surface area contributed by atoms with Gasteiger partial charge in [-0.2, -0.15) is 0 Å². The van der Waals surface area contributed by atoms with Gasteiger partial charge in [-0.15, -0.1) is 0 Å². The number of ketones is 2. The van der Waals surface area contributed by atoms with Crippen LogP contribution in [0.2, 0.25) is 0 Å². The quantitative estimate of drug-likeness (QED) is 0.177. The Morgan fingerprint density at radius 3 is 2.41 bits per heavy atom. The molecular weight excluding hydrogens is 500 g/mol. The monoisotopic (exact) mass is 540 g/mol. The van der Waals surface area contributed by atoms with Gasteiger partial charge in [0.25, 0.3) is 0 Å². The van der Waals surface area contributed by atoms with Gasteiger partial charge in [-0.05, 0) is 36.5 Å². The molecule has 0 radical (unpaired) electrons. The van der Waals surface area contributed by atoms with Crippen molar-refractivity contribution in [3.8, 4) is 0 Å². The number of carbonyl (C=O) groups is 4. The highest BCUT2D eigenvalue weighted by molar-refractivity contribution is 6.03. The Morgan fingerprint density at radius 2 is 1.74 bits per heavy atom. The fourth-order valence-electron chi connectivity index (χ4n) is 4.36. The van der Waals surface area contributed by atoms with Crippen LogP contribution in [0.15, 0.2) is 71.8 Å². The Hall–Kier alpha value is -3.56. The summed E-state index contributed by atoms with van der Waals surface area (Å²) in [5, 5.41) is 35.6. The molecule has 9 nitrogen and oxygen atoms in total. The number of aliphatic hydroxyl groups excluding tert-OH is 2. The molecule has 0 aromatic carbocycles. The lowest BCUT2D eigenvalue weighted by atomic mass is 9.85. The first-order valence-corrected chi connectivity index (χ1v) is 13.4. The molecule has 0 unspecified atom stereocenters. The molecule has 0 aliphatic heterocycles. The van der Waals surface area contributed by atoms with Crippen LogP contribution in [-0.2, 0) is 19.2 Å². The van der Waals surface area contributed by atoms with Gasteiger partial charge in [-0.1, -0.05) is 70.4 Å². The molecule has 2 aliphatic rings. The van der Waals surface area contributed by atoms with Gasteiger partial charge < -0.3 is 26.0 Å². The molecule has 0 heterocycles. The van der Waals surface area contributed by atoms with Gasteiger partial charge in [-0.25, -0.2) is 0 Å². The lowest BCUT2D eigenvalue weighted by molar-refractivity contribution is -0.124. The maximum atomic E-state index is 12.4. The van der Waals surface area contributed by atoms with E-state index in [1.165, 1.54) is 42.9 Å². The highest BCUT2D eigenvalue weighted by Crippen LogP contribution is 2.26. The van der Waals surface area contributed by atoms with Crippen LogP contribution in [0.25, 0.3) is 0 Å². The van der Waals surface area contributed by atoms with Crippen molar-refractivity contribution in [1.82, 2.24) is 10.6 Å². The number of amides is 2. The molecule has 5 N–H and O–H groups in total. The van der Waals surface area contributed by atoms with Crippen LogP contribution in [0.5, 0.6) is 0 Å². The van der Waals surface area contributed by atoms with E-state index in [1.807, 2.05) is 6.92 Å². The van der Waals surface area contributed by atoms with Crippen LogP contribution in [0.3, 0.4) is 0 Å². The third-order valence-electron chi connectivity index (χ3n) is 6.60. The Kier molecular flexibility index (Phi) is 12.3.